The third-order valence-corrected chi connectivity index (χ3v) is 5.59. The Labute approximate surface area is 184 Å². The number of nitrogens with zero attached hydrogens (tertiary/aromatic N) is 3. The van der Waals surface area contributed by atoms with Crippen molar-refractivity contribution in [2.45, 2.75) is 27.7 Å². The maximum absolute atomic E-state index is 13.2. The van der Waals surface area contributed by atoms with Crippen LogP contribution in [0.4, 0.5) is 5.69 Å². The summed E-state index contributed by atoms with van der Waals surface area (Å²) >= 11 is 6.31. The number of rotatable bonds is 4. The van der Waals surface area contributed by atoms with Crippen LogP contribution in [-0.4, -0.2) is 26.5 Å². The van der Waals surface area contributed by atoms with E-state index in [1.165, 1.54) is 6.92 Å². The molecular weight excluding hydrogens is 412 g/mol. The first-order chi connectivity index (χ1) is 14.8. The van der Waals surface area contributed by atoms with Crippen LogP contribution in [0.2, 0.25) is 5.02 Å². The summed E-state index contributed by atoms with van der Waals surface area (Å²) in [6, 6.07) is 14.2. The van der Waals surface area contributed by atoms with Crippen LogP contribution in [0.1, 0.15) is 44.6 Å². The van der Waals surface area contributed by atoms with Gasteiger partial charge in [-0.1, -0.05) is 29.8 Å². The van der Waals surface area contributed by atoms with Gasteiger partial charge in [-0.15, -0.1) is 0 Å². The Morgan fingerprint density at radius 3 is 2.52 bits per heavy atom. The fourth-order valence-corrected chi connectivity index (χ4v) is 3.77. The predicted molar refractivity (Wildman–Crippen MR) is 122 cm³/mol. The molecule has 6 nitrogen and oxygen atoms in total. The predicted octanol–water partition coefficient (Wildman–Crippen LogP) is 5.45. The molecule has 0 aliphatic heterocycles. The molecule has 0 radical (unpaired) electrons. The number of nitrogens with one attached hydrogen (secondary N) is 1. The van der Waals surface area contributed by atoms with Gasteiger partial charge in [0, 0.05) is 22.0 Å². The molecule has 1 N–H and O–H groups in total. The molecule has 31 heavy (non-hydrogen) atoms. The monoisotopic (exact) mass is 432 g/mol. The van der Waals surface area contributed by atoms with Crippen molar-refractivity contribution in [1.82, 2.24) is 14.8 Å². The summed E-state index contributed by atoms with van der Waals surface area (Å²) in [5.41, 5.74) is 5.21. The van der Waals surface area contributed by atoms with Gasteiger partial charge in [0.2, 0.25) is 0 Å². The topological polar surface area (TPSA) is 76.9 Å². The Balaban J connectivity index is 1.83. The van der Waals surface area contributed by atoms with Crippen LogP contribution in [-0.2, 0) is 0 Å². The molecule has 2 aromatic carbocycles. The molecule has 7 heteroatoms. The summed E-state index contributed by atoms with van der Waals surface area (Å²) < 4.78 is 1.73. The molecule has 1 amide bonds. The van der Waals surface area contributed by atoms with Crippen LogP contribution < -0.4 is 5.32 Å². The number of benzene rings is 2. The van der Waals surface area contributed by atoms with Gasteiger partial charge in [-0.05, 0) is 63.6 Å². The molecular formula is C24H21ClN4O2. The molecule has 0 saturated heterocycles. The van der Waals surface area contributed by atoms with Crippen LogP contribution in [0.15, 0.2) is 48.5 Å². The lowest BCUT2D eigenvalue weighted by atomic mass is 10.1. The summed E-state index contributed by atoms with van der Waals surface area (Å²) in [6.45, 7) is 7.10. The summed E-state index contributed by atoms with van der Waals surface area (Å²) in [5, 5.41) is 8.86. The lowest BCUT2D eigenvalue weighted by Crippen LogP contribution is -2.14. The SMILES string of the molecule is CC(=O)c1cccc(NC(=O)c2cc(C)nc3c2c(C)nn3-c2cccc(Cl)c2C)c1. The van der Waals surface area contributed by atoms with Crippen molar-refractivity contribution < 1.29 is 9.59 Å². The minimum atomic E-state index is -0.290. The first-order valence-corrected chi connectivity index (χ1v) is 10.2. The molecule has 0 unspecified atom stereocenters. The second-order valence-electron chi connectivity index (χ2n) is 7.48. The van der Waals surface area contributed by atoms with Crippen molar-refractivity contribution in [1.29, 1.82) is 0 Å². The van der Waals surface area contributed by atoms with Crippen molar-refractivity contribution in [3.05, 3.63) is 81.6 Å². The number of carbonyl (C=O) groups is 2. The van der Waals surface area contributed by atoms with Crippen molar-refractivity contribution >= 4 is 40.0 Å². The van der Waals surface area contributed by atoms with Crippen molar-refractivity contribution in [3.8, 4) is 5.69 Å². The number of fused-ring (bicyclic) bond motifs is 1. The van der Waals surface area contributed by atoms with Crippen molar-refractivity contribution in [3.63, 3.8) is 0 Å². The van der Waals surface area contributed by atoms with Gasteiger partial charge in [0.15, 0.2) is 11.4 Å². The zero-order valence-electron chi connectivity index (χ0n) is 17.7. The van der Waals surface area contributed by atoms with Gasteiger partial charge in [-0.25, -0.2) is 9.67 Å². The third kappa shape index (κ3) is 3.82. The smallest absolute Gasteiger partial charge is 0.256 e. The summed E-state index contributed by atoms with van der Waals surface area (Å²) in [7, 11) is 0. The molecule has 4 aromatic rings. The van der Waals surface area contributed by atoms with E-state index in [1.54, 1.807) is 35.0 Å². The van der Waals surface area contributed by atoms with E-state index in [0.29, 0.717) is 44.3 Å². The molecule has 0 fully saturated rings. The van der Waals surface area contributed by atoms with Gasteiger partial charge in [0.05, 0.1) is 22.3 Å². The normalized spacial score (nSPS) is 11.0. The third-order valence-electron chi connectivity index (χ3n) is 5.18. The zero-order valence-corrected chi connectivity index (χ0v) is 18.4. The van der Waals surface area contributed by atoms with Crippen molar-refractivity contribution in [2.24, 2.45) is 0 Å². The largest absolute Gasteiger partial charge is 0.322 e. The molecule has 0 spiro atoms. The number of carbonyl (C=O) groups excluding carboxylic acids is 2. The Morgan fingerprint density at radius 2 is 1.77 bits per heavy atom. The maximum Gasteiger partial charge on any atom is 0.256 e. The number of anilines is 1. The van der Waals surface area contributed by atoms with E-state index in [1.807, 2.05) is 39.0 Å². The highest BCUT2D eigenvalue weighted by atomic mass is 35.5. The highest BCUT2D eigenvalue weighted by Gasteiger charge is 2.21. The number of aromatic nitrogens is 3. The Morgan fingerprint density at radius 1 is 1.03 bits per heavy atom. The molecule has 0 aliphatic carbocycles. The number of aryl methyl sites for hydroxylation is 2. The molecule has 4 rings (SSSR count). The molecule has 0 saturated carbocycles. The fraction of sp³-hybridized carbons (Fsp3) is 0.167. The van der Waals surface area contributed by atoms with Gasteiger partial charge in [-0.3, -0.25) is 9.59 Å². The van der Waals surface area contributed by atoms with Gasteiger partial charge in [0.1, 0.15) is 0 Å². The standard InChI is InChI=1S/C24H21ClN4O2/c1-13-11-19(24(31)27-18-8-5-7-17(12-18)16(4)30)22-15(3)28-29(23(22)26-13)21-10-6-9-20(25)14(21)2/h5-12H,1-4H3,(H,27,31). The van der Waals surface area contributed by atoms with E-state index >= 15 is 0 Å². The second kappa shape index (κ2) is 7.96. The molecule has 2 aromatic heterocycles. The average molecular weight is 433 g/mol. The number of ketones is 1. The average Bonchev–Trinajstić information content (AvgIpc) is 3.05. The highest BCUT2D eigenvalue weighted by Crippen LogP contribution is 2.29. The van der Waals surface area contributed by atoms with E-state index in [9.17, 15) is 9.59 Å². The van der Waals surface area contributed by atoms with E-state index in [2.05, 4.69) is 15.4 Å². The van der Waals surface area contributed by atoms with Crippen LogP contribution in [0.5, 0.6) is 0 Å². The van der Waals surface area contributed by atoms with Gasteiger partial charge in [0.25, 0.3) is 5.91 Å². The molecule has 0 atom stereocenters. The van der Waals surface area contributed by atoms with E-state index in [4.69, 9.17) is 11.6 Å². The van der Waals surface area contributed by atoms with Gasteiger partial charge < -0.3 is 5.32 Å². The van der Waals surface area contributed by atoms with Crippen LogP contribution in [0.25, 0.3) is 16.7 Å². The van der Waals surface area contributed by atoms with E-state index in [0.717, 1.165) is 11.3 Å². The summed E-state index contributed by atoms with van der Waals surface area (Å²) in [6.07, 6.45) is 0. The number of Topliss-reactive ketones (excluding diaryl/α,β-unsaturated/α-hetero) is 1. The van der Waals surface area contributed by atoms with Gasteiger partial charge in [-0.2, -0.15) is 5.10 Å². The summed E-state index contributed by atoms with van der Waals surface area (Å²) in [4.78, 5) is 29.5. The van der Waals surface area contributed by atoms with E-state index in [-0.39, 0.29) is 11.7 Å². The van der Waals surface area contributed by atoms with Crippen molar-refractivity contribution in [2.75, 3.05) is 5.32 Å². The number of halogens is 1. The number of amides is 1. The molecule has 156 valence electrons. The zero-order chi connectivity index (χ0) is 22.3. The van der Waals surface area contributed by atoms with E-state index < -0.39 is 0 Å². The Hall–Kier alpha value is -3.51. The maximum atomic E-state index is 13.2. The highest BCUT2D eigenvalue weighted by molar-refractivity contribution is 6.31. The van der Waals surface area contributed by atoms with Crippen LogP contribution >= 0.6 is 11.6 Å². The van der Waals surface area contributed by atoms with Crippen LogP contribution in [0.3, 0.4) is 0 Å². The Kier molecular flexibility index (Phi) is 5.33. The first kappa shape index (κ1) is 20.8. The lowest BCUT2D eigenvalue weighted by Gasteiger charge is -2.10. The minimum absolute atomic E-state index is 0.0627. The molecule has 0 bridgehead atoms. The fourth-order valence-electron chi connectivity index (χ4n) is 3.60. The number of hydrogen-bond acceptors (Lipinski definition) is 4. The minimum Gasteiger partial charge on any atom is -0.322 e. The Bertz CT molecular complexity index is 1360. The quantitative estimate of drug-likeness (QED) is 0.435. The second-order valence-corrected chi connectivity index (χ2v) is 7.89. The molecule has 2 heterocycles. The number of hydrogen-bond donors (Lipinski definition) is 1. The first-order valence-electron chi connectivity index (χ1n) is 9.81. The van der Waals surface area contributed by atoms with Crippen LogP contribution in [0, 0.1) is 20.8 Å². The molecule has 0 aliphatic rings. The number of pyridine rings is 1. The van der Waals surface area contributed by atoms with Gasteiger partial charge >= 0.3 is 0 Å². The lowest BCUT2D eigenvalue weighted by molar-refractivity contribution is 0.101. The summed E-state index contributed by atoms with van der Waals surface area (Å²) in [5.74, 6) is -0.353.